The fourth-order valence-electron chi connectivity index (χ4n) is 4.98. The number of imide groups is 2. The first-order valence-electron chi connectivity index (χ1n) is 12.0. The first-order valence-corrected chi connectivity index (χ1v) is 14.8. The van der Waals surface area contributed by atoms with Crippen molar-refractivity contribution in [2.45, 2.75) is 23.6 Å². The molecule has 16 nitrogen and oxygen atoms in total. The van der Waals surface area contributed by atoms with Gasteiger partial charge in [-0.2, -0.15) is 16.8 Å². The largest absolute Gasteiger partial charge is 0.326 e. The minimum atomic E-state index is -4.74. The van der Waals surface area contributed by atoms with Gasteiger partial charge in [-0.05, 0) is 48.5 Å². The molecule has 3 fully saturated rings. The van der Waals surface area contributed by atoms with Gasteiger partial charge in [-0.15, -0.1) is 18.7 Å². The number of hydrogen-bond donors (Lipinski definition) is 2. The van der Waals surface area contributed by atoms with E-state index in [2.05, 4.69) is 10.6 Å². The molecule has 5 rings (SSSR count). The van der Waals surface area contributed by atoms with Crippen molar-refractivity contribution in [3.8, 4) is 0 Å². The Labute approximate surface area is 237 Å². The number of nitrogens with zero attached hydrogens (tertiary/aromatic N) is 2. The molecule has 2 aliphatic heterocycles. The highest BCUT2D eigenvalue weighted by Crippen LogP contribution is 2.56. The number of benzene rings is 2. The highest BCUT2D eigenvalue weighted by molar-refractivity contribution is 7.87. The van der Waals surface area contributed by atoms with Crippen molar-refractivity contribution in [1.29, 1.82) is 0 Å². The first-order chi connectivity index (χ1) is 19.6. The molecule has 2 heterocycles. The van der Waals surface area contributed by atoms with Crippen LogP contribution in [-0.4, -0.2) is 62.4 Å². The van der Waals surface area contributed by atoms with Gasteiger partial charge in [0.15, 0.2) is 0 Å². The molecule has 0 spiro atoms. The Kier molecular flexibility index (Phi) is 6.96. The number of carbonyl (C=O) groups excluding carboxylic acids is 6. The van der Waals surface area contributed by atoms with Gasteiger partial charge in [-0.3, -0.25) is 28.8 Å². The standard InChI is InChI=1S/C24H20N4O12S2/c1-11(29)25-13-3-7-15(8-4-13)41(35,36)39-27-21(31)17-18(22(27)32)20-19(17)23(33)28(24(20)34)40-42(37,38)16-9-5-14(6-10-16)26-12(2)30/h3-10,17-20H,1-2H3,(H,25,29)(H,26,30). The van der Waals surface area contributed by atoms with Crippen molar-refractivity contribution in [3.63, 3.8) is 0 Å². The average molecular weight is 621 g/mol. The van der Waals surface area contributed by atoms with E-state index in [0.717, 1.165) is 24.3 Å². The van der Waals surface area contributed by atoms with Crippen LogP contribution in [-0.2, 0) is 57.6 Å². The molecular formula is C24H20N4O12S2. The molecule has 2 N–H and O–H groups in total. The topological polar surface area (TPSA) is 220 Å². The Morgan fingerprint density at radius 1 is 0.571 bits per heavy atom. The highest BCUT2D eigenvalue weighted by Gasteiger charge is 2.75. The van der Waals surface area contributed by atoms with Crippen LogP contribution < -0.4 is 10.6 Å². The zero-order valence-electron chi connectivity index (χ0n) is 21.5. The number of carbonyl (C=O) groups is 6. The van der Waals surface area contributed by atoms with E-state index in [-0.39, 0.29) is 21.5 Å². The predicted octanol–water partition coefficient (Wildman–Crippen LogP) is -0.240. The van der Waals surface area contributed by atoms with Crippen LogP contribution in [0.5, 0.6) is 0 Å². The van der Waals surface area contributed by atoms with E-state index < -0.39 is 89.1 Å². The van der Waals surface area contributed by atoms with Crippen LogP contribution in [0.1, 0.15) is 13.8 Å². The van der Waals surface area contributed by atoms with Gasteiger partial charge in [0, 0.05) is 25.2 Å². The van der Waals surface area contributed by atoms with Gasteiger partial charge >= 0.3 is 20.2 Å². The van der Waals surface area contributed by atoms with Crippen LogP contribution in [0.2, 0.25) is 0 Å². The van der Waals surface area contributed by atoms with E-state index in [0.29, 0.717) is 0 Å². The molecule has 2 saturated heterocycles. The molecule has 0 aromatic heterocycles. The van der Waals surface area contributed by atoms with E-state index in [1.54, 1.807) is 0 Å². The zero-order chi connectivity index (χ0) is 30.7. The number of rotatable bonds is 8. The lowest BCUT2D eigenvalue weighted by molar-refractivity contribution is -0.169. The lowest BCUT2D eigenvalue weighted by Crippen LogP contribution is -2.50. The van der Waals surface area contributed by atoms with E-state index in [9.17, 15) is 45.6 Å². The SMILES string of the molecule is CC(=O)Nc1ccc(S(=O)(=O)ON2C(=O)C3C(C2=O)C2C(=O)N(OS(=O)(=O)c4ccc(NC(C)=O)cc4)C(=O)C32)cc1. The third kappa shape index (κ3) is 4.83. The number of hydroxylamine groups is 4. The Balaban J connectivity index is 1.30. The van der Waals surface area contributed by atoms with Crippen molar-refractivity contribution in [2.75, 3.05) is 10.6 Å². The van der Waals surface area contributed by atoms with Gasteiger partial charge in [0.1, 0.15) is 0 Å². The van der Waals surface area contributed by atoms with Crippen molar-refractivity contribution < 1.29 is 54.2 Å². The smallest absolute Gasteiger partial charge is 0.318 e. The molecule has 0 bridgehead atoms. The van der Waals surface area contributed by atoms with Crippen LogP contribution in [0.25, 0.3) is 0 Å². The van der Waals surface area contributed by atoms with Crippen molar-refractivity contribution >= 4 is 67.1 Å². The van der Waals surface area contributed by atoms with Gasteiger partial charge in [0.05, 0.1) is 33.5 Å². The molecule has 220 valence electrons. The van der Waals surface area contributed by atoms with E-state index in [1.165, 1.54) is 38.1 Å². The summed E-state index contributed by atoms with van der Waals surface area (Å²) < 4.78 is 60.5. The number of fused-ring (bicyclic) bond motifs is 4. The summed E-state index contributed by atoms with van der Waals surface area (Å²) in [5.41, 5.74) is 0.543. The summed E-state index contributed by atoms with van der Waals surface area (Å²) >= 11 is 0. The van der Waals surface area contributed by atoms with Crippen molar-refractivity contribution in [2.24, 2.45) is 23.7 Å². The summed E-state index contributed by atoms with van der Waals surface area (Å²) in [6.45, 7) is 2.49. The van der Waals surface area contributed by atoms with Crippen LogP contribution in [0.3, 0.4) is 0 Å². The molecule has 3 aliphatic rings. The molecule has 0 atom stereocenters. The normalized spacial score (nSPS) is 23.4. The Bertz CT molecular complexity index is 1590. The van der Waals surface area contributed by atoms with Crippen LogP contribution in [0.15, 0.2) is 58.3 Å². The monoisotopic (exact) mass is 620 g/mol. The predicted molar refractivity (Wildman–Crippen MR) is 136 cm³/mol. The molecule has 2 aromatic rings. The van der Waals surface area contributed by atoms with Crippen LogP contribution in [0.4, 0.5) is 11.4 Å². The van der Waals surface area contributed by atoms with Crippen molar-refractivity contribution in [3.05, 3.63) is 48.5 Å². The van der Waals surface area contributed by atoms with Gasteiger partial charge in [0.25, 0.3) is 23.6 Å². The Morgan fingerprint density at radius 2 is 0.833 bits per heavy atom. The summed E-state index contributed by atoms with van der Waals surface area (Å²) in [7, 11) is -9.47. The average Bonchev–Trinajstić information content (AvgIpc) is 3.19. The van der Waals surface area contributed by atoms with Gasteiger partial charge in [-0.1, -0.05) is 0 Å². The minimum absolute atomic E-state index is 0.0240. The highest BCUT2D eigenvalue weighted by atomic mass is 32.2. The van der Waals surface area contributed by atoms with E-state index in [1.807, 2.05) is 0 Å². The second kappa shape index (κ2) is 10.1. The summed E-state index contributed by atoms with van der Waals surface area (Å²) in [6.07, 6.45) is 0. The van der Waals surface area contributed by atoms with Crippen LogP contribution in [0, 0.1) is 23.7 Å². The van der Waals surface area contributed by atoms with Crippen LogP contribution >= 0.6 is 0 Å². The summed E-state index contributed by atoms with van der Waals surface area (Å²) in [6, 6.07) is 9.23. The number of hydrogen-bond acceptors (Lipinski definition) is 12. The third-order valence-corrected chi connectivity index (χ3v) is 9.15. The van der Waals surface area contributed by atoms with Gasteiger partial charge in [0.2, 0.25) is 11.8 Å². The zero-order valence-corrected chi connectivity index (χ0v) is 23.2. The molecular weight excluding hydrogens is 600 g/mol. The molecule has 0 radical (unpaired) electrons. The quantitative estimate of drug-likeness (QED) is 0.365. The maximum Gasteiger partial charge on any atom is 0.318 e. The summed E-state index contributed by atoms with van der Waals surface area (Å²) in [5, 5.41) is 4.82. The fourth-order valence-corrected chi connectivity index (χ4v) is 6.78. The molecule has 1 aliphatic carbocycles. The lowest BCUT2D eigenvalue weighted by Gasteiger charge is -2.35. The maximum atomic E-state index is 13.0. The Hall–Kier alpha value is -4.52. The lowest BCUT2D eigenvalue weighted by atomic mass is 9.59. The first kappa shape index (κ1) is 29.0. The maximum absolute atomic E-state index is 13.0. The molecule has 0 unspecified atom stereocenters. The Morgan fingerprint density at radius 3 is 1.07 bits per heavy atom. The third-order valence-electron chi connectivity index (χ3n) is 6.76. The molecule has 2 aromatic carbocycles. The number of anilines is 2. The summed E-state index contributed by atoms with van der Waals surface area (Å²) in [4.78, 5) is 73.3. The number of amides is 6. The van der Waals surface area contributed by atoms with Gasteiger partial charge in [-0.25, -0.2) is 0 Å². The minimum Gasteiger partial charge on any atom is -0.326 e. The second-order valence-electron chi connectivity index (χ2n) is 9.51. The molecule has 6 amide bonds. The number of nitrogens with one attached hydrogen (secondary N) is 2. The fraction of sp³-hybridized carbons (Fsp3) is 0.250. The van der Waals surface area contributed by atoms with Gasteiger partial charge < -0.3 is 10.6 Å². The van der Waals surface area contributed by atoms with Crippen molar-refractivity contribution in [1.82, 2.24) is 10.1 Å². The molecule has 42 heavy (non-hydrogen) atoms. The molecule has 18 heteroatoms. The molecule has 1 saturated carbocycles. The van der Waals surface area contributed by atoms with E-state index >= 15 is 0 Å². The summed E-state index contributed by atoms with van der Waals surface area (Å²) in [5.74, 6) is -11.6. The second-order valence-corrected chi connectivity index (χ2v) is 12.6. The van der Waals surface area contributed by atoms with E-state index in [4.69, 9.17) is 8.57 Å².